The topological polar surface area (TPSA) is 46.2 Å². The number of rotatable bonds is 3. The van der Waals surface area contributed by atoms with Gasteiger partial charge in [-0.15, -0.1) is 0 Å². The third-order valence-corrected chi connectivity index (χ3v) is 3.71. The molecule has 3 nitrogen and oxygen atoms in total. The predicted molar refractivity (Wildman–Crippen MR) is 75.1 cm³/mol. The quantitative estimate of drug-likeness (QED) is 0.515. The Hall–Kier alpha value is -1.64. The normalized spacial score (nSPS) is 16.7. The molecule has 1 aromatic rings. The standard InChI is InChI=1S/C16H21NO2/c1-12-8-10-13(11-9-12)15(18)16(19)17-14-6-4-2-3-5-7-14/h8-11,14H,2-7H2,1H3,(H,17,19). The molecule has 0 bridgehead atoms. The summed E-state index contributed by atoms with van der Waals surface area (Å²) in [7, 11) is 0. The Labute approximate surface area is 114 Å². The van der Waals surface area contributed by atoms with E-state index in [9.17, 15) is 9.59 Å². The minimum atomic E-state index is -0.462. The van der Waals surface area contributed by atoms with Crippen LogP contribution in [0, 0.1) is 6.92 Å². The van der Waals surface area contributed by atoms with Crippen molar-refractivity contribution in [2.75, 3.05) is 0 Å². The zero-order chi connectivity index (χ0) is 13.7. The van der Waals surface area contributed by atoms with E-state index in [1.807, 2.05) is 19.1 Å². The second-order valence-corrected chi connectivity index (χ2v) is 5.36. The van der Waals surface area contributed by atoms with Crippen LogP contribution in [0.2, 0.25) is 0 Å². The van der Waals surface area contributed by atoms with Gasteiger partial charge in [-0.05, 0) is 19.8 Å². The number of nitrogens with one attached hydrogen (secondary N) is 1. The second-order valence-electron chi connectivity index (χ2n) is 5.36. The van der Waals surface area contributed by atoms with Gasteiger partial charge in [0.25, 0.3) is 5.91 Å². The summed E-state index contributed by atoms with van der Waals surface area (Å²) >= 11 is 0. The van der Waals surface area contributed by atoms with Gasteiger partial charge in [-0.3, -0.25) is 9.59 Å². The van der Waals surface area contributed by atoms with E-state index in [-0.39, 0.29) is 6.04 Å². The van der Waals surface area contributed by atoms with Crippen LogP contribution in [0.15, 0.2) is 24.3 Å². The van der Waals surface area contributed by atoms with Crippen molar-refractivity contribution in [1.82, 2.24) is 5.32 Å². The maximum Gasteiger partial charge on any atom is 0.292 e. The van der Waals surface area contributed by atoms with Gasteiger partial charge in [0.15, 0.2) is 0 Å². The molecule has 19 heavy (non-hydrogen) atoms. The first-order valence-corrected chi connectivity index (χ1v) is 7.08. The van der Waals surface area contributed by atoms with Crippen LogP contribution in [0.1, 0.15) is 54.4 Å². The molecule has 0 spiro atoms. The number of amides is 1. The van der Waals surface area contributed by atoms with Crippen molar-refractivity contribution < 1.29 is 9.59 Å². The first kappa shape index (κ1) is 13.8. The molecule has 1 aromatic carbocycles. The summed E-state index contributed by atoms with van der Waals surface area (Å²) < 4.78 is 0. The molecule has 0 atom stereocenters. The molecular formula is C16H21NO2. The Bertz CT molecular complexity index is 442. The fourth-order valence-electron chi connectivity index (χ4n) is 2.51. The van der Waals surface area contributed by atoms with E-state index in [0.717, 1.165) is 31.2 Å². The first-order valence-electron chi connectivity index (χ1n) is 7.08. The fraction of sp³-hybridized carbons (Fsp3) is 0.500. The number of carbonyl (C=O) groups excluding carboxylic acids is 2. The van der Waals surface area contributed by atoms with Crippen LogP contribution in [0.3, 0.4) is 0 Å². The molecule has 102 valence electrons. The van der Waals surface area contributed by atoms with Crippen molar-refractivity contribution in [1.29, 1.82) is 0 Å². The second kappa shape index (κ2) is 6.50. The van der Waals surface area contributed by atoms with Gasteiger partial charge in [-0.1, -0.05) is 55.5 Å². The van der Waals surface area contributed by atoms with Crippen LogP contribution in [0.4, 0.5) is 0 Å². The van der Waals surface area contributed by atoms with Gasteiger partial charge in [-0.2, -0.15) is 0 Å². The van der Waals surface area contributed by atoms with Crippen molar-refractivity contribution in [2.45, 2.75) is 51.5 Å². The average molecular weight is 259 g/mol. The van der Waals surface area contributed by atoms with Gasteiger partial charge in [0, 0.05) is 11.6 Å². The summed E-state index contributed by atoms with van der Waals surface area (Å²) in [5.74, 6) is -0.889. The molecule has 0 aliphatic heterocycles. The lowest BCUT2D eigenvalue weighted by atomic mass is 10.1. The van der Waals surface area contributed by atoms with Gasteiger partial charge in [0.05, 0.1) is 0 Å². The molecule has 1 saturated carbocycles. The van der Waals surface area contributed by atoms with E-state index in [0.29, 0.717) is 5.56 Å². The van der Waals surface area contributed by atoms with Crippen molar-refractivity contribution in [3.63, 3.8) is 0 Å². The molecule has 0 heterocycles. The maximum absolute atomic E-state index is 12.0. The number of aryl methyl sites for hydroxylation is 1. The van der Waals surface area contributed by atoms with Gasteiger partial charge < -0.3 is 5.32 Å². The van der Waals surface area contributed by atoms with E-state index >= 15 is 0 Å². The van der Waals surface area contributed by atoms with Crippen LogP contribution in [0.5, 0.6) is 0 Å². The fourth-order valence-corrected chi connectivity index (χ4v) is 2.51. The van der Waals surface area contributed by atoms with Gasteiger partial charge in [0.1, 0.15) is 0 Å². The number of hydrogen-bond acceptors (Lipinski definition) is 2. The minimum Gasteiger partial charge on any atom is -0.346 e. The molecule has 3 heteroatoms. The van der Waals surface area contributed by atoms with E-state index in [1.165, 1.54) is 12.8 Å². The van der Waals surface area contributed by atoms with Crippen molar-refractivity contribution >= 4 is 11.7 Å². The average Bonchev–Trinajstić information content (AvgIpc) is 2.67. The molecule has 1 amide bonds. The monoisotopic (exact) mass is 259 g/mol. The van der Waals surface area contributed by atoms with E-state index in [2.05, 4.69) is 5.32 Å². The predicted octanol–water partition coefficient (Wildman–Crippen LogP) is 3.02. The molecule has 0 aromatic heterocycles. The van der Waals surface area contributed by atoms with E-state index in [4.69, 9.17) is 0 Å². The number of Topliss-reactive ketones (excluding diaryl/α,β-unsaturated/α-hetero) is 1. The molecular weight excluding hydrogens is 238 g/mol. The highest BCUT2D eigenvalue weighted by Crippen LogP contribution is 2.17. The summed E-state index contributed by atoms with van der Waals surface area (Å²) in [6.45, 7) is 1.96. The number of benzene rings is 1. The Morgan fingerprint density at radius 1 is 1.00 bits per heavy atom. The van der Waals surface area contributed by atoms with Crippen LogP contribution in [0.25, 0.3) is 0 Å². The van der Waals surface area contributed by atoms with Gasteiger partial charge in [0.2, 0.25) is 5.78 Å². The Balaban J connectivity index is 1.95. The maximum atomic E-state index is 12.0. The van der Waals surface area contributed by atoms with Crippen molar-refractivity contribution in [2.24, 2.45) is 0 Å². The zero-order valence-corrected chi connectivity index (χ0v) is 11.4. The van der Waals surface area contributed by atoms with Crippen LogP contribution in [-0.2, 0) is 4.79 Å². The molecule has 1 aliphatic rings. The molecule has 1 fully saturated rings. The highest BCUT2D eigenvalue weighted by molar-refractivity contribution is 6.42. The van der Waals surface area contributed by atoms with Crippen LogP contribution >= 0.6 is 0 Å². The van der Waals surface area contributed by atoms with Crippen LogP contribution < -0.4 is 5.32 Å². The molecule has 2 rings (SSSR count). The SMILES string of the molecule is Cc1ccc(C(=O)C(=O)NC2CCCCCC2)cc1. The van der Waals surface area contributed by atoms with Gasteiger partial charge in [-0.25, -0.2) is 0 Å². The molecule has 0 unspecified atom stereocenters. The highest BCUT2D eigenvalue weighted by atomic mass is 16.2. The summed E-state index contributed by atoms with van der Waals surface area (Å²) in [5, 5.41) is 2.88. The molecule has 1 aliphatic carbocycles. The number of carbonyl (C=O) groups is 2. The van der Waals surface area contributed by atoms with Crippen molar-refractivity contribution in [3.8, 4) is 0 Å². The molecule has 1 N–H and O–H groups in total. The van der Waals surface area contributed by atoms with E-state index < -0.39 is 11.7 Å². The Morgan fingerprint density at radius 2 is 1.58 bits per heavy atom. The minimum absolute atomic E-state index is 0.171. The third-order valence-electron chi connectivity index (χ3n) is 3.71. The Morgan fingerprint density at radius 3 is 2.16 bits per heavy atom. The lowest BCUT2D eigenvalue weighted by molar-refractivity contribution is -0.117. The highest BCUT2D eigenvalue weighted by Gasteiger charge is 2.20. The first-order chi connectivity index (χ1) is 9.16. The van der Waals surface area contributed by atoms with Gasteiger partial charge >= 0.3 is 0 Å². The summed E-state index contributed by atoms with van der Waals surface area (Å²) in [4.78, 5) is 24.0. The largest absolute Gasteiger partial charge is 0.346 e. The molecule has 0 saturated heterocycles. The number of hydrogen-bond donors (Lipinski definition) is 1. The third kappa shape index (κ3) is 3.91. The smallest absolute Gasteiger partial charge is 0.292 e. The molecule has 0 radical (unpaired) electrons. The Kier molecular flexibility index (Phi) is 4.72. The summed E-state index contributed by atoms with van der Waals surface area (Å²) in [6.07, 6.45) is 6.74. The summed E-state index contributed by atoms with van der Waals surface area (Å²) in [6, 6.07) is 7.30. The van der Waals surface area contributed by atoms with Crippen molar-refractivity contribution in [3.05, 3.63) is 35.4 Å². The summed E-state index contributed by atoms with van der Waals surface area (Å²) in [5.41, 5.74) is 1.55. The van der Waals surface area contributed by atoms with Crippen LogP contribution in [-0.4, -0.2) is 17.7 Å². The number of ketones is 1. The van der Waals surface area contributed by atoms with E-state index in [1.54, 1.807) is 12.1 Å². The lowest BCUT2D eigenvalue weighted by Crippen LogP contribution is -2.39. The zero-order valence-electron chi connectivity index (χ0n) is 11.4. The lowest BCUT2D eigenvalue weighted by Gasteiger charge is -2.15.